The molecule has 200 valence electrons. The zero-order chi connectivity index (χ0) is 27.9. The van der Waals surface area contributed by atoms with Gasteiger partial charge in [0, 0.05) is 5.69 Å². The average Bonchev–Trinajstić information content (AvgIpc) is 3.13. The van der Waals surface area contributed by atoms with Gasteiger partial charge in [-0.25, -0.2) is 14.2 Å². The van der Waals surface area contributed by atoms with Crippen molar-refractivity contribution in [2.75, 3.05) is 11.9 Å². The number of hydrazine groups is 1. The Morgan fingerprint density at radius 1 is 0.974 bits per heavy atom. The van der Waals surface area contributed by atoms with Crippen LogP contribution in [0.1, 0.15) is 39.6 Å². The molecular weight excluding hydrogens is 523 g/mol. The molecule has 3 amide bonds. The van der Waals surface area contributed by atoms with E-state index in [4.69, 9.17) is 17.0 Å². The third-order valence-corrected chi connectivity index (χ3v) is 6.30. The van der Waals surface area contributed by atoms with Crippen molar-refractivity contribution < 1.29 is 28.3 Å². The van der Waals surface area contributed by atoms with E-state index in [1.54, 1.807) is 6.92 Å². The molecule has 4 rings (SSSR count). The number of carbonyl (C=O) groups excluding carboxylic acids is 4. The Balaban J connectivity index is 1.52. The maximum absolute atomic E-state index is 14.2. The lowest BCUT2D eigenvalue weighted by molar-refractivity contribution is -0.131. The van der Waals surface area contributed by atoms with Crippen molar-refractivity contribution in [2.24, 2.45) is 0 Å². The van der Waals surface area contributed by atoms with Crippen LogP contribution in [0.5, 0.6) is 0 Å². The van der Waals surface area contributed by atoms with E-state index in [2.05, 4.69) is 10.7 Å². The number of nitrogens with zero attached hydrogens (tertiary/aromatic N) is 2. The molecule has 0 bridgehead atoms. The number of nitrogens with one attached hydrogen (secondary N) is 2. The summed E-state index contributed by atoms with van der Waals surface area (Å²) < 4.78 is 19.2. The number of amides is 3. The summed E-state index contributed by atoms with van der Waals surface area (Å²) in [4.78, 5) is 52.4. The highest BCUT2D eigenvalue weighted by Crippen LogP contribution is 2.23. The second-order valence-electron chi connectivity index (χ2n) is 8.55. The predicted molar refractivity (Wildman–Crippen MR) is 145 cm³/mol. The van der Waals surface area contributed by atoms with Crippen LogP contribution < -0.4 is 10.7 Å². The molecule has 0 aliphatic carbocycles. The van der Waals surface area contributed by atoms with Gasteiger partial charge >= 0.3 is 5.97 Å². The van der Waals surface area contributed by atoms with Gasteiger partial charge in [-0.2, -0.15) is 0 Å². The summed E-state index contributed by atoms with van der Waals surface area (Å²) in [6.07, 6.45) is -0.360. The first-order chi connectivity index (χ1) is 18.8. The van der Waals surface area contributed by atoms with E-state index in [1.165, 1.54) is 47.4 Å². The fourth-order valence-electron chi connectivity index (χ4n) is 3.97. The maximum Gasteiger partial charge on any atom is 0.338 e. The molecule has 1 heterocycles. The van der Waals surface area contributed by atoms with Gasteiger partial charge in [-0.15, -0.1) is 0 Å². The molecule has 3 aromatic rings. The van der Waals surface area contributed by atoms with Gasteiger partial charge in [0.1, 0.15) is 11.9 Å². The van der Waals surface area contributed by atoms with E-state index in [-0.39, 0.29) is 30.2 Å². The normalized spacial score (nSPS) is 14.8. The van der Waals surface area contributed by atoms with Gasteiger partial charge in [-0.1, -0.05) is 42.5 Å². The summed E-state index contributed by atoms with van der Waals surface area (Å²) in [6, 6.07) is 19.4. The van der Waals surface area contributed by atoms with Gasteiger partial charge in [0.2, 0.25) is 5.91 Å². The second-order valence-corrected chi connectivity index (χ2v) is 8.91. The van der Waals surface area contributed by atoms with Gasteiger partial charge in [-0.05, 0) is 61.1 Å². The van der Waals surface area contributed by atoms with Crippen LogP contribution in [0.25, 0.3) is 0 Å². The number of halogens is 1. The molecule has 3 aromatic carbocycles. The van der Waals surface area contributed by atoms with Crippen molar-refractivity contribution in [3.8, 4) is 0 Å². The first-order valence-electron chi connectivity index (χ1n) is 12.1. The fraction of sp³-hybridized carbons (Fsp3) is 0.179. The summed E-state index contributed by atoms with van der Waals surface area (Å²) >= 11 is 5.51. The molecule has 1 saturated heterocycles. The topological polar surface area (TPSA) is 108 Å². The lowest BCUT2D eigenvalue weighted by Gasteiger charge is -2.24. The number of esters is 1. The third kappa shape index (κ3) is 6.44. The molecule has 0 radical (unpaired) electrons. The molecule has 1 unspecified atom stereocenters. The second kappa shape index (κ2) is 12.3. The molecule has 39 heavy (non-hydrogen) atoms. The highest BCUT2D eigenvalue weighted by molar-refractivity contribution is 7.80. The van der Waals surface area contributed by atoms with Crippen LogP contribution in [0.2, 0.25) is 0 Å². The van der Waals surface area contributed by atoms with Crippen molar-refractivity contribution in [3.63, 3.8) is 0 Å². The molecule has 0 saturated carbocycles. The summed E-state index contributed by atoms with van der Waals surface area (Å²) in [7, 11) is 0. The first-order valence-corrected chi connectivity index (χ1v) is 12.5. The Bertz CT molecular complexity index is 1400. The molecule has 1 fully saturated rings. The van der Waals surface area contributed by atoms with Gasteiger partial charge in [-0.3, -0.25) is 24.7 Å². The Morgan fingerprint density at radius 3 is 2.31 bits per heavy atom. The number of thiocarbonyl (C=S) groups is 1. The highest BCUT2D eigenvalue weighted by atomic mass is 32.1. The number of anilines is 1. The monoisotopic (exact) mass is 548 g/mol. The van der Waals surface area contributed by atoms with Crippen LogP contribution in [-0.2, 0) is 20.9 Å². The van der Waals surface area contributed by atoms with Gasteiger partial charge < -0.3 is 10.1 Å². The van der Waals surface area contributed by atoms with Gasteiger partial charge in [0.15, 0.2) is 5.11 Å². The highest BCUT2D eigenvalue weighted by Gasteiger charge is 2.44. The minimum absolute atomic E-state index is 0.0230. The molecule has 1 aliphatic rings. The van der Waals surface area contributed by atoms with E-state index in [9.17, 15) is 23.6 Å². The van der Waals surface area contributed by atoms with Crippen molar-refractivity contribution >= 4 is 46.7 Å². The minimum Gasteiger partial charge on any atom is -0.462 e. The molecule has 0 spiro atoms. The zero-order valence-corrected chi connectivity index (χ0v) is 21.7. The minimum atomic E-state index is -1.17. The molecular formula is C28H25FN4O5S. The number of benzene rings is 3. The van der Waals surface area contributed by atoms with E-state index in [0.29, 0.717) is 11.3 Å². The number of carbonyl (C=O) groups is 4. The van der Waals surface area contributed by atoms with E-state index in [1.807, 2.05) is 30.3 Å². The van der Waals surface area contributed by atoms with E-state index in [0.717, 1.165) is 16.6 Å². The summed E-state index contributed by atoms with van der Waals surface area (Å²) in [5.41, 5.74) is 3.77. The zero-order valence-electron chi connectivity index (χ0n) is 20.9. The summed E-state index contributed by atoms with van der Waals surface area (Å²) in [5, 5.41) is 3.78. The number of hydrogen-bond acceptors (Lipinski definition) is 6. The smallest absolute Gasteiger partial charge is 0.338 e. The van der Waals surface area contributed by atoms with Crippen molar-refractivity contribution in [1.29, 1.82) is 0 Å². The lowest BCUT2D eigenvalue weighted by atomic mass is 10.1. The Hall–Kier alpha value is -4.64. The predicted octanol–water partition coefficient (Wildman–Crippen LogP) is 3.67. The molecule has 2 N–H and O–H groups in total. The summed E-state index contributed by atoms with van der Waals surface area (Å²) in [5.74, 6) is -3.07. The number of ether oxygens (including phenoxy) is 1. The van der Waals surface area contributed by atoms with Crippen molar-refractivity contribution in [2.45, 2.75) is 25.9 Å². The van der Waals surface area contributed by atoms with Crippen LogP contribution in [0.4, 0.5) is 10.1 Å². The Labute approximate surface area is 229 Å². The molecule has 11 heteroatoms. The largest absolute Gasteiger partial charge is 0.462 e. The van der Waals surface area contributed by atoms with Crippen LogP contribution >= 0.6 is 12.2 Å². The summed E-state index contributed by atoms with van der Waals surface area (Å²) in [6.45, 7) is 2.06. The SMILES string of the molecule is CCOC(=O)c1ccc(NC(=O)CC2C(=O)N(Cc3ccccc3)C(=S)N2NC(=O)c2ccccc2F)cc1. The third-order valence-electron chi connectivity index (χ3n) is 5.88. The van der Waals surface area contributed by atoms with Crippen LogP contribution in [0.3, 0.4) is 0 Å². The molecule has 1 aliphatic heterocycles. The lowest BCUT2D eigenvalue weighted by Crippen LogP contribution is -2.49. The van der Waals surface area contributed by atoms with Crippen LogP contribution in [-0.4, -0.2) is 51.4 Å². The molecule has 9 nitrogen and oxygen atoms in total. The first kappa shape index (κ1) is 27.4. The number of rotatable bonds is 9. The fourth-order valence-corrected chi connectivity index (χ4v) is 4.30. The van der Waals surface area contributed by atoms with Gasteiger partial charge in [0.05, 0.1) is 30.7 Å². The van der Waals surface area contributed by atoms with Gasteiger partial charge in [0.25, 0.3) is 11.8 Å². The van der Waals surface area contributed by atoms with Crippen molar-refractivity contribution in [3.05, 3.63) is 101 Å². The standard InChI is InChI=1S/C28H25FN4O5S/c1-2-38-27(37)19-12-14-20(15-13-19)30-24(34)16-23-26(36)32(17-18-8-4-3-5-9-18)28(39)33(23)31-25(35)21-10-6-7-11-22(21)29/h3-15,23H,2,16-17H2,1H3,(H,30,34)(H,31,35). The van der Waals surface area contributed by atoms with E-state index >= 15 is 0 Å². The molecule has 0 aromatic heterocycles. The number of hydrogen-bond donors (Lipinski definition) is 2. The van der Waals surface area contributed by atoms with Crippen LogP contribution in [0.15, 0.2) is 78.9 Å². The van der Waals surface area contributed by atoms with E-state index < -0.39 is 35.5 Å². The Morgan fingerprint density at radius 2 is 1.64 bits per heavy atom. The molecule has 1 atom stereocenters. The Kier molecular flexibility index (Phi) is 8.62. The van der Waals surface area contributed by atoms with Crippen molar-refractivity contribution in [1.82, 2.24) is 15.3 Å². The maximum atomic E-state index is 14.2. The quantitative estimate of drug-likeness (QED) is 0.310. The average molecular weight is 549 g/mol. The van der Waals surface area contributed by atoms with Crippen LogP contribution in [0, 0.1) is 5.82 Å².